The van der Waals surface area contributed by atoms with E-state index in [0.717, 1.165) is 76.8 Å². The average molecular weight is 647 g/mol. The van der Waals surface area contributed by atoms with Crippen molar-refractivity contribution in [2.75, 3.05) is 0 Å². The first-order chi connectivity index (χ1) is 24.3. The minimum Gasteiger partial charge on any atom is -0.435 e. The molecule has 0 radical (unpaired) electrons. The van der Waals surface area contributed by atoms with Crippen LogP contribution in [0.5, 0.6) is 0 Å². The topological polar surface area (TPSA) is 66.1 Å². The molecule has 0 aliphatic rings. The Hall–Kier alpha value is -6.51. The molecule has 0 atom stereocenters. The highest BCUT2D eigenvalue weighted by molar-refractivity contribution is 7.26. The highest BCUT2D eigenvalue weighted by Gasteiger charge is 2.25. The van der Waals surface area contributed by atoms with Gasteiger partial charge in [-0.3, -0.25) is 13.5 Å². The number of fused-ring (bicyclic) bond motifs is 15. The standard InChI is InChI=1S/C41H22N6OS/c1-3-13-29-23(9-1)25-18-19-32-35(36(25)47(29)39-38-27(20-22-42-39)24-10-2-6-17-34(24)49-38)44-41-45(32)30-14-4-5-15-31(30)46(41)33-16-7-11-26-28-12-8-21-43-40(28)48-37(26)33/h1-22H. The number of furan rings is 1. The maximum atomic E-state index is 6.45. The molecule has 0 aliphatic carbocycles. The second-order valence-corrected chi connectivity index (χ2v) is 13.5. The van der Waals surface area contributed by atoms with Crippen LogP contribution in [0.25, 0.3) is 103 Å². The summed E-state index contributed by atoms with van der Waals surface area (Å²) < 4.78 is 15.7. The SMILES string of the molecule is c1ccc2c(c1)sc1c(-n3c4ccccc4c4ccc5c(nc6n(-c7cccc8c7oc7ncccc78)c7ccccc7n56)c43)nccc12. The lowest BCUT2D eigenvalue weighted by Crippen LogP contribution is -1.98. The van der Waals surface area contributed by atoms with Gasteiger partial charge in [-0.05, 0) is 60.7 Å². The summed E-state index contributed by atoms with van der Waals surface area (Å²) in [6, 6.07) is 42.6. The van der Waals surface area contributed by atoms with Crippen LogP contribution in [0.3, 0.4) is 0 Å². The van der Waals surface area contributed by atoms with Gasteiger partial charge < -0.3 is 4.42 Å². The molecule has 0 amide bonds. The zero-order valence-electron chi connectivity index (χ0n) is 25.7. The van der Waals surface area contributed by atoms with E-state index in [1.54, 1.807) is 17.5 Å². The molecule has 0 N–H and O–H groups in total. The van der Waals surface area contributed by atoms with Crippen molar-refractivity contribution in [2.24, 2.45) is 0 Å². The molecule has 0 fully saturated rings. The van der Waals surface area contributed by atoms with Crippen LogP contribution in [0.1, 0.15) is 0 Å². The maximum absolute atomic E-state index is 6.45. The molecule has 7 aromatic heterocycles. The van der Waals surface area contributed by atoms with Gasteiger partial charge in [0.05, 0.1) is 38.0 Å². The fraction of sp³-hybridized carbons (Fsp3) is 0. The molecule has 12 aromatic rings. The van der Waals surface area contributed by atoms with Gasteiger partial charge in [0.25, 0.3) is 0 Å². The third kappa shape index (κ3) is 3.19. The monoisotopic (exact) mass is 646 g/mol. The summed E-state index contributed by atoms with van der Waals surface area (Å²) in [6.45, 7) is 0. The average Bonchev–Trinajstić information content (AvgIpc) is 3.95. The van der Waals surface area contributed by atoms with Gasteiger partial charge in [-0.15, -0.1) is 11.3 Å². The largest absolute Gasteiger partial charge is 0.435 e. The summed E-state index contributed by atoms with van der Waals surface area (Å²) in [7, 11) is 0. The molecule has 12 rings (SSSR count). The van der Waals surface area contributed by atoms with Crippen molar-refractivity contribution in [3.8, 4) is 11.5 Å². The molecule has 5 aromatic carbocycles. The van der Waals surface area contributed by atoms with Gasteiger partial charge in [-0.2, -0.15) is 0 Å². The molecule has 8 heteroatoms. The number of benzene rings is 5. The Labute approximate surface area is 280 Å². The van der Waals surface area contributed by atoms with Crippen molar-refractivity contribution in [1.82, 2.24) is 28.5 Å². The van der Waals surface area contributed by atoms with E-state index in [9.17, 15) is 0 Å². The summed E-state index contributed by atoms with van der Waals surface area (Å²) in [5.41, 5.74) is 8.54. The molecule has 7 nitrogen and oxygen atoms in total. The van der Waals surface area contributed by atoms with Crippen LogP contribution in [-0.2, 0) is 0 Å². The van der Waals surface area contributed by atoms with Crippen LogP contribution < -0.4 is 0 Å². The molecule has 7 heterocycles. The summed E-state index contributed by atoms with van der Waals surface area (Å²) >= 11 is 1.79. The molecule has 49 heavy (non-hydrogen) atoms. The van der Waals surface area contributed by atoms with Crippen molar-refractivity contribution in [1.29, 1.82) is 0 Å². The molecular weight excluding hydrogens is 625 g/mol. The number of aromatic nitrogens is 6. The van der Waals surface area contributed by atoms with E-state index in [1.807, 2.05) is 12.3 Å². The van der Waals surface area contributed by atoms with Crippen LogP contribution in [0.4, 0.5) is 0 Å². The smallest absolute Gasteiger partial charge is 0.227 e. The van der Waals surface area contributed by atoms with Gasteiger partial charge >= 0.3 is 0 Å². The van der Waals surface area contributed by atoms with Crippen LogP contribution in [0, 0.1) is 0 Å². The Balaban J connectivity index is 1.26. The minimum absolute atomic E-state index is 0.625. The molecule has 0 unspecified atom stereocenters. The predicted molar refractivity (Wildman–Crippen MR) is 200 cm³/mol. The van der Waals surface area contributed by atoms with Gasteiger partial charge in [0, 0.05) is 49.4 Å². The van der Waals surface area contributed by atoms with Gasteiger partial charge in [0.1, 0.15) is 5.52 Å². The lowest BCUT2D eigenvalue weighted by molar-refractivity contribution is 0.651. The Morgan fingerprint density at radius 3 is 2.27 bits per heavy atom. The minimum atomic E-state index is 0.625. The fourth-order valence-electron chi connectivity index (χ4n) is 7.96. The normalized spacial score (nSPS) is 12.5. The molecule has 0 aliphatic heterocycles. The summed E-state index contributed by atoms with van der Waals surface area (Å²) in [5.74, 6) is 1.73. The Morgan fingerprint density at radius 1 is 0.531 bits per heavy atom. The molecule has 0 bridgehead atoms. The van der Waals surface area contributed by atoms with Crippen LogP contribution in [-0.4, -0.2) is 28.5 Å². The number of rotatable bonds is 2. The van der Waals surface area contributed by atoms with Gasteiger partial charge in [0.15, 0.2) is 11.4 Å². The first kappa shape index (κ1) is 25.6. The van der Waals surface area contributed by atoms with Crippen LogP contribution >= 0.6 is 11.3 Å². The van der Waals surface area contributed by atoms with E-state index >= 15 is 0 Å². The van der Waals surface area contributed by atoms with Crippen molar-refractivity contribution in [3.63, 3.8) is 0 Å². The Kier molecular flexibility index (Phi) is 4.74. The zero-order chi connectivity index (χ0) is 31.8. The van der Waals surface area contributed by atoms with Crippen LogP contribution in [0.15, 0.2) is 138 Å². The van der Waals surface area contributed by atoms with E-state index < -0.39 is 0 Å². The van der Waals surface area contributed by atoms with Crippen LogP contribution in [0.2, 0.25) is 0 Å². The van der Waals surface area contributed by atoms with Crippen molar-refractivity contribution >= 4 is 103 Å². The predicted octanol–water partition coefficient (Wildman–Crippen LogP) is 10.6. The van der Waals surface area contributed by atoms with E-state index in [-0.39, 0.29) is 0 Å². The maximum Gasteiger partial charge on any atom is 0.227 e. The van der Waals surface area contributed by atoms with Gasteiger partial charge in [0.2, 0.25) is 11.5 Å². The fourth-order valence-corrected chi connectivity index (χ4v) is 9.14. The van der Waals surface area contributed by atoms with Crippen molar-refractivity contribution in [2.45, 2.75) is 0 Å². The number of hydrogen-bond acceptors (Lipinski definition) is 5. The quantitative estimate of drug-likeness (QED) is 0.187. The first-order valence-electron chi connectivity index (χ1n) is 16.2. The third-order valence-electron chi connectivity index (χ3n) is 9.99. The Bertz CT molecular complexity index is 3360. The van der Waals surface area contributed by atoms with Crippen molar-refractivity contribution in [3.05, 3.63) is 134 Å². The number of hydrogen-bond donors (Lipinski definition) is 0. The molecule has 0 spiro atoms. The molecule has 0 saturated carbocycles. The summed E-state index contributed by atoms with van der Waals surface area (Å²) in [5, 5.41) is 6.80. The number of nitrogens with zero attached hydrogens (tertiary/aromatic N) is 6. The molecular formula is C41H22N6OS. The number of pyridine rings is 2. The lowest BCUT2D eigenvalue weighted by atomic mass is 10.1. The number of para-hydroxylation sites is 4. The number of thiophene rings is 1. The third-order valence-corrected chi connectivity index (χ3v) is 11.2. The summed E-state index contributed by atoms with van der Waals surface area (Å²) in [6.07, 6.45) is 3.71. The Morgan fingerprint density at radius 2 is 1.33 bits per heavy atom. The van der Waals surface area contributed by atoms with Gasteiger partial charge in [-0.25, -0.2) is 15.0 Å². The zero-order valence-corrected chi connectivity index (χ0v) is 26.5. The molecule has 228 valence electrons. The van der Waals surface area contributed by atoms with E-state index in [4.69, 9.17) is 14.4 Å². The second kappa shape index (κ2) is 9.09. The lowest BCUT2D eigenvalue weighted by Gasteiger charge is -2.09. The van der Waals surface area contributed by atoms with Gasteiger partial charge in [-0.1, -0.05) is 60.7 Å². The molecule has 0 saturated heterocycles. The van der Waals surface area contributed by atoms with Crippen molar-refractivity contribution < 1.29 is 4.42 Å². The number of imidazole rings is 2. The summed E-state index contributed by atoms with van der Waals surface area (Å²) in [4.78, 5) is 15.1. The highest BCUT2D eigenvalue weighted by atomic mass is 32.1. The van der Waals surface area contributed by atoms with E-state index in [1.165, 1.54) is 20.9 Å². The second-order valence-electron chi connectivity index (χ2n) is 12.5. The highest BCUT2D eigenvalue weighted by Crippen LogP contribution is 2.43. The van der Waals surface area contributed by atoms with E-state index in [2.05, 4.69) is 134 Å². The first-order valence-corrected chi connectivity index (χ1v) is 17.0. The van der Waals surface area contributed by atoms with E-state index in [0.29, 0.717) is 5.71 Å².